The number of likely N-dealkylation sites (tertiary alicyclic amines) is 1. The van der Waals surface area contributed by atoms with E-state index in [4.69, 9.17) is 5.11 Å². The highest BCUT2D eigenvalue weighted by Crippen LogP contribution is 2.18. The van der Waals surface area contributed by atoms with Gasteiger partial charge in [-0.25, -0.2) is 0 Å². The van der Waals surface area contributed by atoms with Crippen molar-refractivity contribution in [3.63, 3.8) is 0 Å². The van der Waals surface area contributed by atoms with Gasteiger partial charge in [0.2, 0.25) is 0 Å². The Bertz CT molecular complexity index is 206. The molecule has 1 heterocycles. The lowest BCUT2D eigenvalue weighted by Gasteiger charge is -2.32. The van der Waals surface area contributed by atoms with Crippen LogP contribution >= 0.6 is 0 Å². The molecule has 15 heavy (non-hydrogen) atoms. The van der Waals surface area contributed by atoms with Gasteiger partial charge >= 0.3 is 5.97 Å². The predicted octanol–water partition coefficient (Wildman–Crippen LogP) is 2.22. The topological polar surface area (TPSA) is 40.5 Å². The summed E-state index contributed by atoms with van der Waals surface area (Å²) in [7, 11) is 0. The average molecular weight is 213 g/mol. The molecule has 1 saturated heterocycles. The molecule has 0 aromatic carbocycles. The third kappa shape index (κ3) is 4.20. The number of carboxylic acids is 1. The number of carbonyl (C=O) groups is 1. The van der Waals surface area contributed by atoms with E-state index in [2.05, 4.69) is 18.7 Å². The van der Waals surface area contributed by atoms with Gasteiger partial charge in [0.15, 0.2) is 0 Å². The molecular formula is C12H23NO2. The molecule has 0 aromatic heterocycles. The molecule has 2 unspecified atom stereocenters. The maximum atomic E-state index is 10.9. The van der Waals surface area contributed by atoms with E-state index in [-0.39, 0.29) is 5.92 Å². The smallest absolute Gasteiger partial charge is 0.307 e. The fourth-order valence-corrected chi connectivity index (χ4v) is 2.45. The summed E-state index contributed by atoms with van der Waals surface area (Å²) in [5.41, 5.74) is 0. The SMILES string of the molecule is CCCC(C)CN1CCCC(C(=O)O)C1. The van der Waals surface area contributed by atoms with Gasteiger partial charge in [-0.05, 0) is 31.7 Å². The first kappa shape index (κ1) is 12.5. The van der Waals surface area contributed by atoms with Crippen molar-refractivity contribution in [1.82, 2.24) is 4.90 Å². The minimum Gasteiger partial charge on any atom is -0.481 e. The Labute approximate surface area is 92.5 Å². The van der Waals surface area contributed by atoms with Crippen molar-refractivity contribution in [1.29, 1.82) is 0 Å². The van der Waals surface area contributed by atoms with E-state index < -0.39 is 5.97 Å². The van der Waals surface area contributed by atoms with Crippen LogP contribution in [0.3, 0.4) is 0 Å². The normalized spacial score (nSPS) is 25.1. The third-order valence-corrected chi connectivity index (χ3v) is 3.21. The van der Waals surface area contributed by atoms with E-state index in [0.29, 0.717) is 5.92 Å². The van der Waals surface area contributed by atoms with Crippen LogP contribution in [0, 0.1) is 11.8 Å². The Morgan fingerprint density at radius 2 is 2.33 bits per heavy atom. The average Bonchev–Trinajstić information content (AvgIpc) is 2.18. The molecule has 1 aliphatic rings. The van der Waals surface area contributed by atoms with Gasteiger partial charge in [0, 0.05) is 13.1 Å². The summed E-state index contributed by atoms with van der Waals surface area (Å²) in [4.78, 5) is 13.2. The summed E-state index contributed by atoms with van der Waals surface area (Å²) in [5, 5.41) is 8.97. The fraction of sp³-hybridized carbons (Fsp3) is 0.917. The Morgan fingerprint density at radius 1 is 1.60 bits per heavy atom. The first-order chi connectivity index (χ1) is 7.13. The summed E-state index contributed by atoms with van der Waals surface area (Å²) in [5.74, 6) is -0.0574. The van der Waals surface area contributed by atoms with Crippen LogP contribution in [-0.2, 0) is 4.79 Å². The second-order valence-corrected chi connectivity index (χ2v) is 4.83. The zero-order chi connectivity index (χ0) is 11.3. The Hall–Kier alpha value is -0.570. The number of aliphatic carboxylic acids is 1. The zero-order valence-electron chi connectivity index (χ0n) is 9.91. The minimum atomic E-state index is -0.622. The van der Waals surface area contributed by atoms with Crippen molar-refractivity contribution in [3.05, 3.63) is 0 Å². The summed E-state index contributed by atoms with van der Waals surface area (Å²) in [6.45, 7) is 7.36. The summed E-state index contributed by atoms with van der Waals surface area (Å²) in [6.07, 6.45) is 4.36. The third-order valence-electron chi connectivity index (χ3n) is 3.21. The van der Waals surface area contributed by atoms with Gasteiger partial charge in [-0.15, -0.1) is 0 Å². The standard InChI is InChI=1S/C12H23NO2/c1-3-5-10(2)8-13-7-4-6-11(9-13)12(14)15/h10-11H,3-9H2,1-2H3,(H,14,15). The van der Waals surface area contributed by atoms with E-state index in [1.54, 1.807) is 0 Å². The lowest BCUT2D eigenvalue weighted by Crippen LogP contribution is -2.40. The Balaban J connectivity index is 2.32. The van der Waals surface area contributed by atoms with Crippen LogP contribution in [-0.4, -0.2) is 35.6 Å². The van der Waals surface area contributed by atoms with Crippen LogP contribution in [0.5, 0.6) is 0 Å². The monoisotopic (exact) mass is 213 g/mol. The number of hydrogen-bond acceptors (Lipinski definition) is 2. The van der Waals surface area contributed by atoms with Gasteiger partial charge in [0.05, 0.1) is 5.92 Å². The molecular weight excluding hydrogens is 190 g/mol. The van der Waals surface area contributed by atoms with E-state index in [9.17, 15) is 4.79 Å². The molecule has 0 aromatic rings. The summed E-state index contributed by atoms with van der Waals surface area (Å²) < 4.78 is 0. The van der Waals surface area contributed by atoms with Crippen molar-refractivity contribution in [2.45, 2.75) is 39.5 Å². The molecule has 3 nitrogen and oxygen atoms in total. The molecule has 1 N–H and O–H groups in total. The first-order valence-electron chi connectivity index (χ1n) is 6.08. The van der Waals surface area contributed by atoms with Crippen molar-refractivity contribution >= 4 is 5.97 Å². The van der Waals surface area contributed by atoms with E-state index >= 15 is 0 Å². The maximum absolute atomic E-state index is 10.9. The molecule has 1 rings (SSSR count). The maximum Gasteiger partial charge on any atom is 0.307 e. The highest BCUT2D eigenvalue weighted by Gasteiger charge is 2.25. The first-order valence-corrected chi connectivity index (χ1v) is 6.08. The lowest BCUT2D eigenvalue weighted by atomic mass is 9.96. The fourth-order valence-electron chi connectivity index (χ4n) is 2.45. The molecule has 1 aliphatic heterocycles. The second-order valence-electron chi connectivity index (χ2n) is 4.83. The van der Waals surface area contributed by atoms with Gasteiger partial charge in [-0.2, -0.15) is 0 Å². The molecule has 0 radical (unpaired) electrons. The molecule has 0 spiro atoms. The number of piperidine rings is 1. The molecule has 3 heteroatoms. The van der Waals surface area contributed by atoms with Gasteiger partial charge in [-0.1, -0.05) is 20.3 Å². The molecule has 0 amide bonds. The zero-order valence-corrected chi connectivity index (χ0v) is 9.91. The van der Waals surface area contributed by atoms with Gasteiger partial charge in [0.25, 0.3) is 0 Å². The highest BCUT2D eigenvalue weighted by atomic mass is 16.4. The van der Waals surface area contributed by atoms with Crippen molar-refractivity contribution in [2.75, 3.05) is 19.6 Å². The van der Waals surface area contributed by atoms with E-state index in [1.165, 1.54) is 12.8 Å². The minimum absolute atomic E-state index is 0.132. The lowest BCUT2D eigenvalue weighted by molar-refractivity contribution is -0.143. The molecule has 0 saturated carbocycles. The molecule has 2 atom stereocenters. The van der Waals surface area contributed by atoms with Crippen LogP contribution in [0.4, 0.5) is 0 Å². The van der Waals surface area contributed by atoms with E-state index in [1.807, 2.05) is 0 Å². The van der Waals surface area contributed by atoms with Gasteiger partial charge in [0.1, 0.15) is 0 Å². The molecule has 88 valence electrons. The number of hydrogen-bond donors (Lipinski definition) is 1. The van der Waals surface area contributed by atoms with Crippen molar-refractivity contribution in [2.24, 2.45) is 11.8 Å². The highest BCUT2D eigenvalue weighted by molar-refractivity contribution is 5.70. The van der Waals surface area contributed by atoms with Crippen molar-refractivity contribution < 1.29 is 9.90 Å². The number of nitrogens with zero attached hydrogens (tertiary/aromatic N) is 1. The van der Waals surface area contributed by atoms with Gasteiger partial charge < -0.3 is 10.0 Å². The number of rotatable bonds is 5. The predicted molar refractivity (Wildman–Crippen MR) is 60.9 cm³/mol. The Kier molecular flexibility index (Phi) is 5.09. The number of carboxylic acid groups (broad SMARTS) is 1. The second kappa shape index (κ2) is 6.11. The van der Waals surface area contributed by atoms with Crippen LogP contribution in [0.2, 0.25) is 0 Å². The quantitative estimate of drug-likeness (QED) is 0.761. The van der Waals surface area contributed by atoms with Crippen LogP contribution in [0.15, 0.2) is 0 Å². The molecule has 1 fully saturated rings. The summed E-state index contributed by atoms with van der Waals surface area (Å²) in [6, 6.07) is 0. The van der Waals surface area contributed by atoms with Crippen LogP contribution in [0.1, 0.15) is 39.5 Å². The van der Waals surface area contributed by atoms with Crippen molar-refractivity contribution in [3.8, 4) is 0 Å². The largest absolute Gasteiger partial charge is 0.481 e. The molecule has 0 bridgehead atoms. The van der Waals surface area contributed by atoms with Crippen LogP contribution in [0.25, 0.3) is 0 Å². The van der Waals surface area contributed by atoms with Gasteiger partial charge in [-0.3, -0.25) is 4.79 Å². The Morgan fingerprint density at radius 3 is 2.93 bits per heavy atom. The summed E-state index contributed by atoms with van der Waals surface area (Å²) >= 11 is 0. The molecule has 0 aliphatic carbocycles. The van der Waals surface area contributed by atoms with Crippen LogP contribution < -0.4 is 0 Å². The van der Waals surface area contributed by atoms with E-state index in [0.717, 1.165) is 32.5 Å².